The molecule has 0 atom stereocenters. The summed E-state index contributed by atoms with van der Waals surface area (Å²) in [5, 5.41) is 1.67. The maximum absolute atomic E-state index is 12.6. The van der Waals surface area contributed by atoms with Gasteiger partial charge < -0.3 is 18.8 Å². The Morgan fingerprint density at radius 2 is 2.11 bits per heavy atom. The maximum Gasteiger partial charge on any atom is 0.326 e. The first-order valence-corrected chi connectivity index (χ1v) is 11.0. The summed E-state index contributed by atoms with van der Waals surface area (Å²) < 4.78 is 47.3. The normalized spacial score (nSPS) is 14.0. The molecule has 2 aromatic heterocycles. The summed E-state index contributed by atoms with van der Waals surface area (Å²) in [6.45, 7) is 1.90. The second kappa shape index (κ2) is 6.98. The van der Waals surface area contributed by atoms with Gasteiger partial charge in [0.05, 0.1) is 16.8 Å². The molecule has 0 saturated heterocycles. The standard InChI is InChI=1S/C16H14N2O6S3/c1-2-22-14(19)8-18-10-6-11-12(24-9-23-11)7-13(10)26-16(18)17-27(20,21)15-4-3-5-25-15/h3-7H,2,8-9H2,1H3. The van der Waals surface area contributed by atoms with E-state index in [1.807, 2.05) is 0 Å². The number of ether oxygens (including phenoxy) is 3. The van der Waals surface area contributed by atoms with Crippen LogP contribution in [-0.4, -0.2) is 32.4 Å². The number of carbonyl (C=O) groups is 1. The van der Waals surface area contributed by atoms with Gasteiger partial charge in [-0.3, -0.25) is 4.79 Å². The zero-order chi connectivity index (χ0) is 19.0. The van der Waals surface area contributed by atoms with Gasteiger partial charge in [0.25, 0.3) is 10.0 Å². The third kappa shape index (κ3) is 3.45. The van der Waals surface area contributed by atoms with E-state index in [1.165, 1.54) is 10.6 Å². The molecule has 1 aliphatic rings. The molecule has 0 spiro atoms. The summed E-state index contributed by atoms with van der Waals surface area (Å²) in [7, 11) is -3.88. The number of aromatic nitrogens is 1. The van der Waals surface area contributed by atoms with Crippen LogP contribution in [0.25, 0.3) is 10.2 Å². The summed E-state index contributed by atoms with van der Waals surface area (Å²) in [6.07, 6.45) is 0. The SMILES string of the molecule is CCOC(=O)Cn1c(=NS(=O)(=O)c2cccs2)sc2cc3c(cc21)OCO3. The van der Waals surface area contributed by atoms with Gasteiger partial charge in [-0.15, -0.1) is 15.7 Å². The van der Waals surface area contributed by atoms with Crippen molar-refractivity contribution in [2.24, 2.45) is 4.40 Å². The van der Waals surface area contributed by atoms with Crippen molar-refractivity contribution in [2.75, 3.05) is 13.4 Å². The summed E-state index contributed by atoms with van der Waals surface area (Å²) in [6, 6.07) is 6.59. The van der Waals surface area contributed by atoms with Gasteiger partial charge in [-0.1, -0.05) is 17.4 Å². The van der Waals surface area contributed by atoms with Crippen LogP contribution in [0.4, 0.5) is 0 Å². The minimum absolute atomic E-state index is 0.120. The molecule has 11 heteroatoms. The topological polar surface area (TPSA) is 96.2 Å². The average molecular weight is 426 g/mol. The highest BCUT2D eigenvalue weighted by Crippen LogP contribution is 2.37. The van der Waals surface area contributed by atoms with Crippen molar-refractivity contribution in [3.8, 4) is 11.5 Å². The number of rotatable bonds is 5. The van der Waals surface area contributed by atoms with Gasteiger partial charge in [-0.2, -0.15) is 8.42 Å². The van der Waals surface area contributed by atoms with Gasteiger partial charge in [0.1, 0.15) is 10.8 Å². The van der Waals surface area contributed by atoms with Crippen molar-refractivity contribution in [3.63, 3.8) is 0 Å². The van der Waals surface area contributed by atoms with E-state index >= 15 is 0 Å². The monoisotopic (exact) mass is 426 g/mol. The minimum Gasteiger partial charge on any atom is -0.465 e. The van der Waals surface area contributed by atoms with Crippen molar-refractivity contribution in [1.82, 2.24) is 4.57 Å². The Hall–Kier alpha value is -2.37. The van der Waals surface area contributed by atoms with Crippen LogP contribution < -0.4 is 14.3 Å². The molecule has 1 aromatic carbocycles. The van der Waals surface area contributed by atoms with Crippen LogP contribution in [0, 0.1) is 0 Å². The van der Waals surface area contributed by atoms with E-state index in [4.69, 9.17) is 14.2 Å². The number of fused-ring (bicyclic) bond motifs is 2. The maximum atomic E-state index is 12.6. The highest BCUT2D eigenvalue weighted by atomic mass is 32.2. The Balaban J connectivity index is 1.91. The number of carbonyl (C=O) groups excluding carboxylic acids is 1. The molecule has 4 rings (SSSR count). The molecule has 0 unspecified atom stereocenters. The number of esters is 1. The van der Waals surface area contributed by atoms with Crippen molar-refractivity contribution in [1.29, 1.82) is 0 Å². The van der Waals surface area contributed by atoms with Crippen LogP contribution in [0.5, 0.6) is 11.5 Å². The quantitative estimate of drug-likeness (QED) is 0.581. The second-order valence-corrected chi connectivity index (χ2v) is 9.24. The first-order valence-electron chi connectivity index (χ1n) is 7.91. The summed E-state index contributed by atoms with van der Waals surface area (Å²) >= 11 is 2.24. The van der Waals surface area contributed by atoms with Crippen LogP contribution in [0.2, 0.25) is 0 Å². The Kier molecular flexibility index (Phi) is 4.66. The molecule has 27 heavy (non-hydrogen) atoms. The predicted molar refractivity (Wildman–Crippen MR) is 99.6 cm³/mol. The first-order chi connectivity index (χ1) is 13.0. The zero-order valence-electron chi connectivity index (χ0n) is 14.1. The molecule has 0 saturated carbocycles. The van der Waals surface area contributed by atoms with Gasteiger partial charge >= 0.3 is 5.97 Å². The van der Waals surface area contributed by atoms with E-state index in [0.717, 1.165) is 27.4 Å². The van der Waals surface area contributed by atoms with E-state index in [-0.39, 0.29) is 29.0 Å². The van der Waals surface area contributed by atoms with Crippen LogP contribution in [0.1, 0.15) is 6.92 Å². The number of sulfonamides is 1. The number of thiophene rings is 1. The van der Waals surface area contributed by atoms with E-state index in [0.29, 0.717) is 17.0 Å². The zero-order valence-corrected chi connectivity index (χ0v) is 16.5. The molecular weight excluding hydrogens is 412 g/mol. The summed E-state index contributed by atoms with van der Waals surface area (Å²) in [5.41, 5.74) is 0.623. The van der Waals surface area contributed by atoms with Crippen molar-refractivity contribution < 1.29 is 27.4 Å². The highest BCUT2D eigenvalue weighted by Gasteiger charge is 2.21. The summed E-state index contributed by atoms with van der Waals surface area (Å²) in [5.74, 6) is 0.620. The third-order valence-corrected chi connectivity index (χ3v) is 7.51. The molecule has 0 amide bonds. The van der Waals surface area contributed by atoms with Gasteiger partial charge in [0.15, 0.2) is 11.5 Å². The fourth-order valence-electron chi connectivity index (χ4n) is 2.58. The molecule has 0 fully saturated rings. The number of nitrogens with zero attached hydrogens (tertiary/aromatic N) is 2. The molecular formula is C16H14N2O6S3. The lowest BCUT2D eigenvalue weighted by molar-refractivity contribution is -0.143. The number of benzene rings is 1. The lowest BCUT2D eigenvalue weighted by Crippen LogP contribution is -2.23. The van der Waals surface area contributed by atoms with E-state index in [1.54, 1.807) is 30.5 Å². The summed E-state index contributed by atoms with van der Waals surface area (Å²) in [4.78, 5) is 12.2. The van der Waals surface area contributed by atoms with E-state index in [2.05, 4.69) is 4.40 Å². The van der Waals surface area contributed by atoms with Crippen LogP contribution in [0.3, 0.4) is 0 Å². The van der Waals surface area contributed by atoms with Gasteiger partial charge in [-0.25, -0.2) is 0 Å². The molecule has 8 nitrogen and oxygen atoms in total. The molecule has 0 N–H and O–H groups in total. The van der Waals surface area contributed by atoms with Crippen LogP contribution in [0.15, 0.2) is 38.3 Å². The number of hydrogen-bond acceptors (Lipinski definition) is 8. The molecule has 1 aliphatic heterocycles. The van der Waals surface area contributed by atoms with Crippen molar-refractivity contribution in [2.45, 2.75) is 17.7 Å². The van der Waals surface area contributed by atoms with Crippen LogP contribution >= 0.6 is 22.7 Å². The molecule has 0 radical (unpaired) electrons. The fourth-order valence-corrected chi connectivity index (χ4v) is 5.79. The second-order valence-electron chi connectivity index (χ2n) is 5.45. The lowest BCUT2D eigenvalue weighted by Gasteiger charge is -2.05. The molecule has 3 heterocycles. The van der Waals surface area contributed by atoms with Crippen molar-refractivity contribution >= 4 is 48.9 Å². The molecule has 142 valence electrons. The van der Waals surface area contributed by atoms with Gasteiger partial charge in [0.2, 0.25) is 11.6 Å². The Morgan fingerprint density at radius 1 is 1.33 bits per heavy atom. The molecule has 0 bridgehead atoms. The average Bonchev–Trinajstić information content (AvgIpc) is 3.34. The smallest absolute Gasteiger partial charge is 0.326 e. The van der Waals surface area contributed by atoms with Crippen LogP contribution in [-0.2, 0) is 26.1 Å². The van der Waals surface area contributed by atoms with Gasteiger partial charge in [-0.05, 0) is 18.4 Å². The Bertz CT molecular complexity index is 1170. The Labute approximate surface area is 162 Å². The fraction of sp³-hybridized carbons (Fsp3) is 0.250. The first kappa shape index (κ1) is 18.0. The molecule has 0 aliphatic carbocycles. The van der Waals surface area contributed by atoms with Gasteiger partial charge in [0, 0.05) is 12.1 Å². The minimum atomic E-state index is -3.88. The highest BCUT2D eigenvalue weighted by molar-refractivity contribution is 7.92. The van der Waals surface area contributed by atoms with Crippen molar-refractivity contribution in [3.05, 3.63) is 34.4 Å². The largest absolute Gasteiger partial charge is 0.465 e. The van der Waals surface area contributed by atoms with E-state index < -0.39 is 16.0 Å². The number of hydrogen-bond donors (Lipinski definition) is 0. The predicted octanol–water partition coefficient (Wildman–Crippen LogP) is 2.35. The van der Waals surface area contributed by atoms with E-state index in [9.17, 15) is 13.2 Å². The Morgan fingerprint density at radius 3 is 2.81 bits per heavy atom. The third-order valence-electron chi connectivity index (χ3n) is 3.72. The number of thiazole rings is 1. The molecule has 3 aromatic rings. The lowest BCUT2D eigenvalue weighted by atomic mass is 10.3.